The highest BCUT2D eigenvalue weighted by Gasteiger charge is 2.14. The Kier molecular flexibility index (Phi) is 2.14. The van der Waals surface area contributed by atoms with Crippen molar-refractivity contribution in [1.29, 1.82) is 0 Å². The highest BCUT2D eigenvalue weighted by atomic mass is 32.2. The van der Waals surface area contributed by atoms with E-state index in [4.69, 9.17) is 0 Å². The number of fused-ring (bicyclic) bond motifs is 1. The molecule has 1 aliphatic heterocycles. The predicted molar refractivity (Wildman–Crippen MR) is 66.2 cm³/mol. The molecule has 0 unspecified atom stereocenters. The minimum atomic E-state index is 0.985. The van der Waals surface area contributed by atoms with E-state index in [9.17, 15) is 0 Å². The zero-order valence-corrected chi connectivity index (χ0v) is 9.05. The Labute approximate surface area is 93.5 Å². The van der Waals surface area contributed by atoms with E-state index in [-0.39, 0.29) is 0 Å². The van der Waals surface area contributed by atoms with Crippen LogP contribution < -0.4 is 5.32 Å². The van der Waals surface area contributed by atoms with E-state index in [1.807, 2.05) is 11.8 Å². The largest absolute Gasteiger partial charge is 0.374 e. The van der Waals surface area contributed by atoms with Crippen LogP contribution in [0.25, 0.3) is 11.1 Å². The Bertz CT molecular complexity index is 479. The summed E-state index contributed by atoms with van der Waals surface area (Å²) in [6, 6.07) is 17.0. The Balaban J connectivity index is 2.17. The van der Waals surface area contributed by atoms with Crippen molar-refractivity contribution in [3.8, 4) is 11.1 Å². The second-order valence-electron chi connectivity index (χ2n) is 3.51. The Morgan fingerprint density at radius 2 is 1.80 bits per heavy atom. The molecule has 0 saturated carbocycles. The van der Waals surface area contributed by atoms with Gasteiger partial charge in [-0.05, 0) is 11.6 Å². The molecule has 1 heterocycles. The van der Waals surface area contributed by atoms with Crippen LogP contribution in [0.1, 0.15) is 0 Å². The first-order valence-electron chi connectivity index (χ1n) is 5.00. The lowest BCUT2D eigenvalue weighted by molar-refractivity contribution is 1.42. The molecular weight excluding hydrogens is 202 g/mol. The fourth-order valence-electron chi connectivity index (χ4n) is 1.88. The van der Waals surface area contributed by atoms with Crippen molar-refractivity contribution in [3.05, 3.63) is 48.5 Å². The minimum Gasteiger partial charge on any atom is -0.374 e. The lowest BCUT2D eigenvalue weighted by Gasteiger charge is -2.07. The molecule has 0 spiro atoms. The highest BCUT2D eigenvalue weighted by molar-refractivity contribution is 7.99. The van der Waals surface area contributed by atoms with Crippen LogP contribution in [0.15, 0.2) is 53.4 Å². The van der Waals surface area contributed by atoms with E-state index in [2.05, 4.69) is 53.8 Å². The lowest BCUT2D eigenvalue weighted by Crippen LogP contribution is -1.91. The van der Waals surface area contributed by atoms with Gasteiger partial charge in [-0.15, -0.1) is 11.8 Å². The molecular formula is C13H11NS. The number of benzene rings is 2. The maximum atomic E-state index is 3.43. The summed E-state index contributed by atoms with van der Waals surface area (Å²) in [7, 11) is 0. The average molecular weight is 213 g/mol. The first kappa shape index (κ1) is 8.86. The second-order valence-corrected chi connectivity index (χ2v) is 4.53. The van der Waals surface area contributed by atoms with E-state index >= 15 is 0 Å². The maximum absolute atomic E-state index is 3.43. The summed E-state index contributed by atoms with van der Waals surface area (Å²) in [4.78, 5) is 1.36. The number of hydrogen-bond donors (Lipinski definition) is 1. The molecule has 0 amide bonds. The monoisotopic (exact) mass is 213 g/mol. The Hall–Kier alpha value is -1.41. The number of anilines is 1. The number of hydrogen-bond acceptors (Lipinski definition) is 2. The van der Waals surface area contributed by atoms with Gasteiger partial charge in [0.15, 0.2) is 0 Å². The average Bonchev–Trinajstić information content (AvgIpc) is 2.78. The van der Waals surface area contributed by atoms with Crippen molar-refractivity contribution >= 4 is 17.4 Å². The van der Waals surface area contributed by atoms with Gasteiger partial charge in [0.05, 0.1) is 11.6 Å². The third-order valence-corrected chi connectivity index (χ3v) is 3.53. The highest BCUT2D eigenvalue weighted by Crippen LogP contribution is 2.40. The normalized spacial score (nSPS) is 13.3. The summed E-state index contributed by atoms with van der Waals surface area (Å²) in [6.45, 7) is 0. The fraction of sp³-hybridized carbons (Fsp3) is 0.0769. The summed E-state index contributed by atoms with van der Waals surface area (Å²) in [5.41, 5.74) is 3.87. The van der Waals surface area contributed by atoms with Crippen molar-refractivity contribution in [2.75, 3.05) is 11.2 Å². The zero-order valence-electron chi connectivity index (χ0n) is 8.23. The van der Waals surface area contributed by atoms with Crippen molar-refractivity contribution in [3.63, 3.8) is 0 Å². The smallest absolute Gasteiger partial charge is 0.0658 e. The Morgan fingerprint density at radius 1 is 0.933 bits per heavy atom. The summed E-state index contributed by atoms with van der Waals surface area (Å²) in [5, 5.41) is 3.43. The molecule has 0 bridgehead atoms. The van der Waals surface area contributed by atoms with Crippen LogP contribution >= 0.6 is 11.8 Å². The van der Waals surface area contributed by atoms with Crippen LogP contribution in [0.2, 0.25) is 0 Å². The minimum absolute atomic E-state index is 0.985. The third-order valence-electron chi connectivity index (χ3n) is 2.59. The molecule has 1 nitrogen and oxygen atoms in total. The van der Waals surface area contributed by atoms with Gasteiger partial charge in [0, 0.05) is 10.5 Å². The van der Waals surface area contributed by atoms with Gasteiger partial charge in [-0.2, -0.15) is 0 Å². The molecule has 74 valence electrons. The first-order chi connectivity index (χ1) is 7.45. The molecule has 15 heavy (non-hydrogen) atoms. The van der Waals surface area contributed by atoms with E-state index in [1.54, 1.807) is 0 Å². The van der Waals surface area contributed by atoms with Gasteiger partial charge in [-0.25, -0.2) is 0 Å². The predicted octanol–water partition coefficient (Wildman–Crippen LogP) is 3.83. The van der Waals surface area contributed by atoms with Crippen LogP contribution in [0, 0.1) is 0 Å². The molecule has 0 fully saturated rings. The summed E-state index contributed by atoms with van der Waals surface area (Å²) < 4.78 is 0. The molecule has 2 aromatic rings. The van der Waals surface area contributed by atoms with Crippen molar-refractivity contribution in [2.24, 2.45) is 0 Å². The van der Waals surface area contributed by atoms with Crippen molar-refractivity contribution < 1.29 is 0 Å². The van der Waals surface area contributed by atoms with Gasteiger partial charge in [-0.3, -0.25) is 0 Å². The third kappa shape index (κ3) is 1.51. The number of thioether (sulfide) groups is 1. The maximum Gasteiger partial charge on any atom is 0.0658 e. The molecule has 0 saturated heterocycles. The van der Waals surface area contributed by atoms with Crippen LogP contribution in [0.4, 0.5) is 5.69 Å². The number of rotatable bonds is 1. The van der Waals surface area contributed by atoms with Gasteiger partial charge in [-0.1, -0.05) is 42.5 Å². The van der Waals surface area contributed by atoms with Gasteiger partial charge < -0.3 is 5.32 Å². The van der Waals surface area contributed by atoms with Crippen molar-refractivity contribution in [1.82, 2.24) is 0 Å². The molecule has 0 aliphatic carbocycles. The van der Waals surface area contributed by atoms with Crippen LogP contribution in [0.5, 0.6) is 0 Å². The van der Waals surface area contributed by atoms with Gasteiger partial charge >= 0.3 is 0 Å². The molecule has 0 aromatic heterocycles. The fourth-order valence-corrected chi connectivity index (χ4v) is 2.75. The number of para-hydroxylation sites is 1. The molecule has 1 aliphatic rings. The van der Waals surface area contributed by atoms with E-state index < -0.39 is 0 Å². The van der Waals surface area contributed by atoms with E-state index in [0.717, 1.165) is 5.88 Å². The van der Waals surface area contributed by atoms with E-state index in [1.165, 1.54) is 21.7 Å². The standard InChI is InChI=1S/C13H11NS/c1-2-5-10(6-3-1)11-7-4-8-12-13(11)14-9-15-12/h1-8,14H,9H2. The topological polar surface area (TPSA) is 12.0 Å². The molecule has 3 rings (SSSR count). The summed E-state index contributed by atoms with van der Waals surface area (Å²) in [5.74, 6) is 0.985. The molecule has 2 heteroatoms. The number of nitrogens with one attached hydrogen (secondary N) is 1. The van der Waals surface area contributed by atoms with Crippen LogP contribution in [0.3, 0.4) is 0 Å². The first-order valence-corrected chi connectivity index (χ1v) is 5.99. The molecule has 2 aromatic carbocycles. The quantitative estimate of drug-likeness (QED) is 0.772. The summed E-state index contributed by atoms with van der Waals surface area (Å²) >= 11 is 1.87. The molecule has 0 radical (unpaired) electrons. The van der Waals surface area contributed by atoms with Gasteiger partial charge in [0.25, 0.3) is 0 Å². The SMILES string of the molecule is c1ccc(-c2cccc3c2NCS3)cc1. The zero-order chi connectivity index (χ0) is 10.1. The molecule has 0 atom stereocenters. The van der Waals surface area contributed by atoms with Crippen LogP contribution in [-0.2, 0) is 0 Å². The second kappa shape index (κ2) is 3.63. The van der Waals surface area contributed by atoms with Crippen molar-refractivity contribution in [2.45, 2.75) is 4.90 Å². The Morgan fingerprint density at radius 3 is 2.67 bits per heavy atom. The van der Waals surface area contributed by atoms with Gasteiger partial charge in [0.2, 0.25) is 0 Å². The van der Waals surface area contributed by atoms with Gasteiger partial charge in [0.1, 0.15) is 0 Å². The van der Waals surface area contributed by atoms with E-state index in [0.29, 0.717) is 0 Å². The lowest BCUT2D eigenvalue weighted by atomic mass is 10.0. The van der Waals surface area contributed by atoms with Crippen LogP contribution in [-0.4, -0.2) is 5.88 Å². The summed E-state index contributed by atoms with van der Waals surface area (Å²) in [6.07, 6.45) is 0. The molecule has 1 N–H and O–H groups in total.